The number of ether oxygens (including phenoxy) is 2. The van der Waals surface area contributed by atoms with Crippen molar-refractivity contribution in [1.29, 1.82) is 0 Å². The molecule has 2 aliphatic rings. The van der Waals surface area contributed by atoms with Gasteiger partial charge in [0.1, 0.15) is 24.0 Å². The molecule has 0 bridgehead atoms. The van der Waals surface area contributed by atoms with Crippen LogP contribution in [-0.4, -0.2) is 64.7 Å². The molecule has 6 atom stereocenters. The Morgan fingerprint density at radius 1 is 1.36 bits per heavy atom. The molecule has 1 amide bonds. The first kappa shape index (κ1) is 28.0. The molecule has 0 saturated carbocycles. The van der Waals surface area contributed by atoms with Crippen molar-refractivity contribution in [2.75, 3.05) is 6.61 Å². The fourth-order valence-corrected chi connectivity index (χ4v) is 5.18. The molecule has 2 aliphatic heterocycles. The third kappa shape index (κ3) is 6.60. The van der Waals surface area contributed by atoms with Crippen LogP contribution in [0.25, 0.3) is 0 Å². The Bertz CT molecular complexity index is 1050. The number of aliphatic hydroxyl groups is 1. The molecule has 36 heavy (non-hydrogen) atoms. The molecule has 1 unspecified atom stereocenters. The van der Waals surface area contributed by atoms with E-state index in [0.717, 1.165) is 11.8 Å². The standard InChI is InChI=1S/C24H32FN2O8P/c1-15(2)33-22(30)17(4)26-36(31,35-18-9-7-6-8-10-18)32-14-19-21(29)24(5,25)23(34-19)27-12-11-16(3)13-20(27)28/h6-12,15,17,19,21,23,29H,3,13-14H2,1-2,4-5H3,(H,26,31)/t17-,19+,21+,23+,24+,36?/m0/s1. The summed E-state index contributed by atoms with van der Waals surface area (Å²) in [5, 5.41) is 13.1. The maximum absolute atomic E-state index is 15.5. The molecular weight excluding hydrogens is 494 g/mol. The van der Waals surface area contributed by atoms with Gasteiger partial charge in [-0.25, -0.2) is 8.96 Å². The molecule has 198 valence electrons. The molecule has 3 rings (SSSR count). The Balaban J connectivity index is 1.76. The summed E-state index contributed by atoms with van der Waals surface area (Å²) in [5.41, 5.74) is -1.80. The van der Waals surface area contributed by atoms with E-state index in [2.05, 4.69) is 11.7 Å². The van der Waals surface area contributed by atoms with Crippen LogP contribution in [0.15, 0.2) is 54.8 Å². The first-order chi connectivity index (χ1) is 16.8. The molecular formula is C24H32FN2O8P. The van der Waals surface area contributed by atoms with E-state index in [1.54, 1.807) is 38.1 Å². The van der Waals surface area contributed by atoms with Gasteiger partial charge in [-0.05, 0) is 51.5 Å². The van der Waals surface area contributed by atoms with Gasteiger partial charge < -0.3 is 19.1 Å². The number of esters is 1. The number of hydrogen-bond donors (Lipinski definition) is 2. The number of carbonyl (C=O) groups excluding carboxylic acids is 2. The van der Waals surface area contributed by atoms with Gasteiger partial charge >= 0.3 is 13.7 Å². The highest BCUT2D eigenvalue weighted by atomic mass is 31.2. The highest BCUT2D eigenvalue weighted by Crippen LogP contribution is 2.46. The number of halogens is 1. The summed E-state index contributed by atoms with van der Waals surface area (Å²) in [6.45, 7) is 9.01. The number of allylic oxidation sites excluding steroid dienone is 1. The lowest BCUT2D eigenvalue weighted by molar-refractivity contribution is -0.149. The summed E-state index contributed by atoms with van der Waals surface area (Å²) < 4.78 is 51.0. The van der Waals surface area contributed by atoms with Crippen LogP contribution in [0.3, 0.4) is 0 Å². The molecule has 0 aromatic heterocycles. The van der Waals surface area contributed by atoms with Crippen molar-refractivity contribution in [3.63, 3.8) is 0 Å². The first-order valence-corrected chi connectivity index (χ1v) is 13.0. The minimum absolute atomic E-state index is 0.0158. The van der Waals surface area contributed by atoms with Crippen molar-refractivity contribution in [1.82, 2.24) is 9.99 Å². The molecule has 0 radical (unpaired) electrons. The van der Waals surface area contributed by atoms with Crippen molar-refractivity contribution >= 4 is 19.6 Å². The predicted molar refractivity (Wildman–Crippen MR) is 128 cm³/mol. The van der Waals surface area contributed by atoms with Crippen molar-refractivity contribution in [2.24, 2.45) is 0 Å². The summed E-state index contributed by atoms with van der Waals surface area (Å²) in [5.74, 6) is -0.943. The molecule has 1 aromatic carbocycles. The fourth-order valence-electron chi connectivity index (χ4n) is 3.68. The van der Waals surface area contributed by atoms with E-state index in [9.17, 15) is 19.3 Å². The number of rotatable bonds is 10. The van der Waals surface area contributed by atoms with Gasteiger partial charge in [-0.3, -0.25) is 19.0 Å². The third-order valence-corrected chi connectivity index (χ3v) is 7.19. The van der Waals surface area contributed by atoms with Crippen LogP contribution >= 0.6 is 7.75 Å². The Morgan fingerprint density at radius 2 is 2.03 bits per heavy atom. The van der Waals surface area contributed by atoms with Crippen LogP contribution in [-0.2, 0) is 28.2 Å². The number of aliphatic hydroxyl groups excluding tert-OH is 1. The van der Waals surface area contributed by atoms with Gasteiger partial charge in [0.15, 0.2) is 11.9 Å². The van der Waals surface area contributed by atoms with Crippen LogP contribution in [0, 0.1) is 0 Å². The van der Waals surface area contributed by atoms with E-state index in [1.807, 2.05) is 0 Å². The number of alkyl halides is 1. The van der Waals surface area contributed by atoms with Gasteiger partial charge in [-0.2, -0.15) is 5.09 Å². The molecule has 0 aliphatic carbocycles. The van der Waals surface area contributed by atoms with Crippen LogP contribution in [0.5, 0.6) is 5.75 Å². The van der Waals surface area contributed by atoms with Crippen LogP contribution < -0.4 is 9.61 Å². The zero-order chi connectivity index (χ0) is 26.7. The van der Waals surface area contributed by atoms with E-state index >= 15 is 4.39 Å². The number of para-hydroxylation sites is 1. The van der Waals surface area contributed by atoms with Crippen LogP contribution in [0.1, 0.15) is 34.1 Å². The normalized spacial score (nSPS) is 28.8. The van der Waals surface area contributed by atoms with Crippen LogP contribution in [0.4, 0.5) is 4.39 Å². The lowest BCUT2D eigenvalue weighted by Crippen LogP contribution is -2.51. The highest BCUT2D eigenvalue weighted by molar-refractivity contribution is 7.52. The van der Waals surface area contributed by atoms with E-state index < -0.39 is 62.5 Å². The molecule has 2 heterocycles. The maximum Gasteiger partial charge on any atom is 0.459 e. The molecule has 12 heteroatoms. The summed E-state index contributed by atoms with van der Waals surface area (Å²) >= 11 is 0. The van der Waals surface area contributed by atoms with E-state index in [1.165, 1.54) is 25.3 Å². The number of benzene rings is 1. The molecule has 1 fully saturated rings. The number of nitrogens with zero attached hydrogens (tertiary/aromatic N) is 1. The van der Waals surface area contributed by atoms with Crippen molar-refractivity contribution in [2.45, 2.75) is 70.4 Å². The second kappa shape index (κ2) is 11.2. The summed E-state index contributed by atoms with van der Waals surface area (Å²) in [6, 6.07) is 7.01. The summed E-state index contributed by atoms with van der Waals surface area (Å²) in [4.78, 5) is 25.7. The Morgan fingerprint density at radius 3 is 2.64 bits per heavy atom. The fraction of sp³-hybridized carbons (Fsp3) is 0.500. The summed E-state index contributed by atoms with van der Waals surface area (Å²) in [6.07, 6.45) is -1.98. The number of nitrogens with one attached hydrogen (secondary N) is 1. The monoisotopic (exact) mass is 526 g/mol. The second-order valence-electron chi connectivity index (χ2n) is 9.11. The average molecular weight is 526 g/mol. The van der Waals surface area contributed by atoms with Crippen LogP contribution in [0.2, 0.25) is 0 Å². The van der Waals surface area contributed by atoms with Gasteiger partial charge in [0, 0.05) is 6.20 Å². The number of amides is 1. The largest absolute Gasteiger partial charge is 0.462 e. The van der Waals surface area contributed by atoms with E-state index in [4.69, 9.17) is 18.5 Å². The minimum Gasteiger partial charge on any atom is -0.462 e. The van der Waals surface area contributed by atoms with Gasteiger partial charge in [0.25, 0.3) is 0 Å². The number of carbonyl (C=O) groups is 2. The maximum atomic E-state index is 15.5. The van der Waals surface area contributed by atoms with Crippen molar-refractivity contribution < 1.29 is 42.2 Å². The SMILES string of the molecule is C=C1C=CN([C@@H]2O[C@H](COP(=O)(N[C@@H](C)C(=O)OC(C)C)Oc3ccccc3)[C@@H](O)[C@@]2(C)F)C(=O)C1. The molecule has 2 N–H and O–H groups in total. The second-order valence-corrected chi connectivity index (χ2v) is 10.8. The first-order valence-electron chi connectivity index (χ1n) is 11.5. The lowest BCUT2D eigenvalue weighted by Gasteiger charge is -2.33. The van der Waals surface area contributed by atoms with Gasteiger partial charge in [-0.15, -0.1) is 0 Å². The highest BCUT2D eigenvalue weighted by Gasteiger charge is 2.57. The quantitative estimate of drug-likeness (QED) is 0.349. The van der Waals surface area contributed by atoms with Gasteiger partial charge in [0.2, 0.25) is 5.91 Å². The minimum atomic E-state index is -4.26. The zero-order valence-electron chi connectivity index (χ0n) is 20.6. The third-order valence-electron chi connectivity index (χ3n) is 5.54. The summed E-state index contributed by atoms with van der Waals surface area (Å²) in [7, 11) is -4.26. The van der Waals surface area contributed by atoms with Gasteiger partial charge in [-0.1, -0.05) is 24.8 Å². The van der Waals surface area contributed by atoms with Gasteiger partial charge in [0.05, 0.1) is 19.1 Å². The average Bonchev–Trinajstić information content (AvgIpc) is 3.01. The predicted octanol–water partition coefficient (Wildman–Crippen LogP) is 3.24. The molecule has 1 aromatic rings. The Hall–Kier alpha value is -2.56. The lowest BCUT2D eigenvalue weighted by atomic mass is 9.97. The van der Waals surface area contributed by atoms with Crippen molar-refractivity contribution in [3.05, 3.63) is 54.8 Å². The van der Waals surface area contributed by atoms with E-state index in [0.29, 0.717) is 5.57 Å². The topological polar surface area (TPSA) is 124 Å². The van der Waals surface area contributed by atoms with Crippen molar-refractivity contribution in [3.8, 4) is 5.75 Å². The number of hydrogen-bond acceptors (Lipinski definition) is 8. The molecule has 1 saturated heterocycles. The smallest absolute Gasteiger partial charge is 0.459 e. The molecule has 10 nitrogen and oxygen atoms in total. The Labute approximate surface area is 209 Å². The Kier molecular flexibility index (Phi) is 8.74. The molecule has 0 spiro atoms. The zero-order valence-corrected chi connectivity index (χ0v) is 21.5. The van der Waals surface area contributed by atoms with E-state index in [-0.39, 0.29) is 12.2 Å².